The van der Waals surface area contributed by atoms with Gasteiger partial charge in [0.25, 0.3) is 0 Å². The largest absolute Gasteiger partial charge is 0.342 e. The predicted octanol–water partition coefficient (Wildman–Crippen LogP) is 1.69. The van der Waals surface area contributed by atoms with Crippen LogP contribution in [0.4, 0.5) is 0 Å². The highest BCUT2D eigenvalue weighted by Gasteiger charge is 2.50. The Morgan fingerprint density at radius 3 is 2.26 bits per heavy atom. The van der Waals surface area contributed by atoms with E-state index in [2.05, 4.69) is 5.32 Å². The first-order chi connectivity index (χ1) is 9.09. The zero-order chi connectivity index (χ0) is 13.6. The van der Waals surface area contributed by atoms with E-state index in [1.54, 1.807) is 0 Å². The van der Waals surface area contributed by atoms with Crippen LogP contribution in [0.2, 0.25) is 0 Å². The summed E-state index contributed by atoms with van der Waals surface area (Å²) < 4.78 is 0. The summed E-state index contributed by atoms with van der Waals surface area (Å²) in [6.07, 6.45) is 6.74. The Bertz CT molecular complexity index is 384. The summed E-state index contributed by atoms with van der Waals surface area (Å²) in [6, 6.07) is -0.181. The van der Waals surface area contributed by atoms with Gasteiger partial charge in [-0.15, -0.1) is 0 Å². The van der Waals surface area contributed by atoms with Crippen molar-refractivity contribution in [1.29, 1.82) is 0 Å². The van der Waals surface area contributed by atoms with Gasteiger partial charge in [0.15, 0.2) is 0 Å². The van der Waals surface area contributed by atoms with Crippen LogP contribution in [-0.4, -0.2) is 34.8 Å². The first kappa shape index (κ1) is 12.9. The molecule has 0 spiro atoms. The van der Waals surface area contributed by atoms with Gasteiger partial charge >= 0.3 is 0 Å². The molecule has 1 heterocycles. The van der Waals surface area contributed by atoms with Gasteiger partial charge in [-0.25, -0.2) is 0 Å². The van der Waals surface area contributed by atoms with Crippen LogP contribution in [0.25, 0.3) is 0 Å². The topological polar surface area (TPSA) is 49.4 Å². The molecule has 4 nitrogen and oxygen atoms in total. The molecule has 2 aliphatic carbocycles. The smallest absolute Gasteiger partial charge is 0.246 e. The summed E-state index contributed by atoms with van der Waals surface area (Å²) in [7, 11) is 0. The van der Waals surface area contributed by atoms with Crippen molar-refractivity contribution in [2.75, 3.05) is 0 Å². The molecule has 19 heavy (non-hydrogen) atoms. The Labute approximate surface area is 114 Å². The Morgan fingerprint density at radius 1 is 1.11 bits per heavy atom. The molecule has 4 heteroatoms. The van der Waals surface area contributed by atoms with Crippen LogP contribution in [0.3, 0.4) is 0 Å². The van der Waals surface area contributed by atoms with Crippen LogP contribution < -0.4 is 5.32 Å². The summed E-state index contributed by atoms with van der Waals surface area (Å²) >= 11 is 0. The minimum Gasteiger partial charge on any atom is -0.342 e. The minimum atomic E-state index is -0.317. The van der Waals surface area contributed by atoms with Gasteiger partial charge in [0.05, 0.1) is 0 Å². The van der Waals surface area contributed by atoms with Crippen molar-refractivity contribution < 1.29 is 9.59 Å². The van der Waals surface area contributed by atoms with Crippen molar-refractivity contribution in [1.82, 2.24) is 10.2 Å². The molecule has 0 aromatic rings. The van der Waals surface area contributed by atoms with E-state index in [0.717, 1.165) is 25.7 Å². The lowest BCUT2D eigenvalue weighted by atomic mass is 9.94. The van der Waals surface area contributed by atoms with Crippen molar-refractivity contribution in [3.63, 3.8) is 0 Å². The maximum absolute atomic E-state index is 12.8. The van der Waals surface area contributed by atoms with Crippen LogP contribution in [-0.2, 0) is 9.59 Å². The van der Waals surface area contributed by atoms with Crippen molar-refractivity contribution in [3.05, 3.63) is 0 Å². The van der Waals surface area contributed by atoms with E-state index in [-0.39, 0.29) is 29.8 Å². The molecule has 3 fully saturated rings. The molecule has 2 saturated carbocycles. The number of amides is 2. The monoisotopic (exact) mass is 264 g/mol. The molecule has 1 N–H and O–H groups in total. The van der Waals surface area contributed by atoms with Gasteiger partial charge in [-0.05, 0) is 37.5 Å². The quantitative estimate of drug-likeness (QED) is 0.843. The Morgan fingerprint density at radius 2 is 1.74 bits per heavy atom. The molecule has 0 bridgehead atoms. The van der Waals surface area contributed by atoms with Gasteiger partial charge in [-0.1, -0.05) is 26.7 Å². The molecule has 3 rings (SSSR count). The molecule has 2 unspecified atom stereocenters. The summed E-state index contributed by atoms with van der Waals surface area (Å²) in [5.74, 6) is 0.837. The maximum Gasteiger partial charge on any atom is 0.246 e. The molecular formula is C15H24N2O2. The highest BCUT2D eigenvalue weighted by atomic mass is 16.2. The van der Waals surface area contributed by atoms with Gasteiger partial charge in [0, 0.05) is 6.04 Å². The lowest BCUT2D eigenvalue weighted by Gasteiger charge is -2.43. The lowest BCUT2D eigenvalue weighted by Crippen LogP contribution is -2.67. The number of nitrogens with zero attached hydrogens (tertiary/aromatic N) is 1. The van der Waals surface area contributed by atoms with Crippen LogP contribution in [0.1, 0.15) is 52.4 Å². The molecule has 1 aliphatic heterocycles. The second-order valence-corrected chi connectivity index (χ2v) is 6.70. The molecule has 3 aliphatic rings. The third-order valence-corrected chi connectivity index (χ3v) is 4.84. The first-order valence-electron chi connectivity index (χ1n) is 7.72. The fourth-order valence-electron chi connectivity index (χ4n) is 3.62. The highest BCUT2D eigenvalue weighted by Crippen LogP contribution is 2.40. The van der Waals surface area contributed by atoms with Gasteiger partial charge < -0.3 is 10.2 Å². The van der Waals surface area contributed by atoms with Crippen LogP contribution in [0.5, 0.6) is 0 Å². The SMILES string of the molecule is CC(C)C1NC(=O)C(C2CC2)N(C2CCCC2)C1=O. The summed E-state index contributed by atoms with van der Waals surface area (Å²) in [6.45, 7) is 4.01. The Kier molecular flexibility index (Phi) is 3.27. The molecule has 106 valence electrons. The molecule has 2 amide bonds. The number of carbonyl (C=O) groups excluding carboxylic acids is 2. The molecule has 0 radical (unpaired) electrons. The number of hydrogen-bond acceptors (Lipinski definition) is 2. The van der Waals surface area contributed by atoms with Crippen molar-refractivity contribution >= 4 is 11.8 Å². The van der Waals surface area contributed by atoms with E-state index in [4.69, 9.17) is 0 Å². The number of nitrogens with one attached hydrogen (secondary N) is 1. The second kappa shape index (κ2) is 4.80. The first-order valence-corrected chi connectivity index (χ1v) is 7.72. The van der Waals surface area contributed by atoms with E-state index in [0.29, 0.717) is 12.0 Å². The van der Waals surface area contributed by atoms with Gasteiger partial charge in [-0.2, -0.15) is 0 Å². The van der Waals surface area contributed by atoms with E-state index in [1.807, 2.05) is 18.7 Å². The van der Waals surface area contributed by atoms with Crippen molar-refractivity contribution in [3.8, 4) is 0 Å². The zero-order valence-electron chi connectivity index (χ0n) is 11.9. The van der Waals surface area contributed by atoms with E-state index < -0.39 is 0 Å². The zero-order valence-corrected chi connectivity index (χ0v) is 11.9. The summed E-state index contributed by atoms with van der Waals surface area (Å²) in [4.78, 5) is 27.1. The van der Waals surface area contributed by atoms with Crippen molar-refractivity contribution in [2.45, 2.75) is 70.5 Å². The van der Waals surface area contributed by atoms with Gasteiger partial charge in [0.2, 0.25) is 11.8 Å². The number of rotatable bonds is 3. The van der Waals surface area contributed by atoms with Gasteiger partial charge in [-0.3, -0.25) is 9.59 Å². The summed E-state index contributed by atoms with van der Waals surface area (Å²) in [5, 5.41) is 2.96. The maximum atomic E-state index is 12.8. The fraction of sp³-hybridized carbons (Fsp3) is 0.867. The number of hydrogen-bond donors (Lipinski definition) is 1. The van der Waals surface area contributed by atoms with Crippen LogP contribution in [0.15, 0.2) is 0 Å². The van der Waals surface area contributed by atoms with Gasteiger partial charge in [0.1, 0.15) is 12.1 Å². The predicted molar refractivity (Wildman–Crippen MR) is 72.4 cm³/mol. The average molecular weight is 264 g/mol. The molecule has 0 aromatic heterocycles. The van der Waals surface area contributed by atoms with E-state index in [9.17, 15) is 9.59 Å². The fourth-order valence-corrected chi connectivity index (χ4v) is 3.62. The second-order valence-electron chi connectivity index (χ2n) is 6.70. The third-order valence-electron chi connectivity index (χ3n) is 4.84. The average Bonchev–Trinajstić information content (AvgIpc) is 3.05. The van der Waals surface area contributed by atoms with E-state index >= 15 is 0 Å². The normalized spacial score (nSPS) is 33.1. The number of carbonyl (C=O) groups is 2. The highest BCUT2D eigenvalue weighted by molar-refractivity contribution is 5.97. The standard InChI is InChI=1S/C15H24N2O2/c1-9(2)12-15(19)17(11-5-3-4-6-11)13(10-7-8-10)14(18)16-12/h9-13H,3-8H2,1-2H3,(H,16,18). The van der Waals surface area contributed by atoms with Crippen molar-refractivity contribution in [2.24, 2.45) is 11.8 Å². The number of piperazine rings is 1. The lowest BCUT2D eigenvalue weighted by molar-refractivity contribution is -0.154. The molecule has 0 aromatic carbocycles. The Hall–Kier alpha value is -1.06. The molecular weight excluding hydrogens is 240 g/mol. The third kappa shape index (κ3) is 2.26. The molecule has 2 atom stereocenters. The molecule has 1 saturated heterocycles. The minimum absolute atomic E-state index is 0.0905. The van der Waals surface area contributed by atoms with E-state index in [1.165, 1.54) is 12.8 Å². The Balaban J connectivity index is 1.87. The van der Waals surface area contributed by atoms with Crippen LogP contribution >= 0.6 is 0 Å². The van der Waals surface area contributed by atoms with Crippen LogP contribution in [0, 0.1) is 11.8 Å². The summed E-state index contributed by atoms with van der Waals surface area (Å²) in [5.41, 5.74) is 0.